The Morgan fingerprint density at radius 3 is 2.72 bits per heavy atom. The van der Waals surface area contributed by atoms with Crippen LogP contribution in [-0.2, 0) is 6.42 Å². The third-order valence-electron chi connectivity index (χ3n) is 4.36. The Labute approximate surface area is 163 Å². The summed E-state index contributed by atoms with van der Waals surface area (Å²) in [5, 5.41) is 22.1. The fourth-order valence-corrected chi connectivity index (χ4v) is 3.08. The Hall–Kier alpha value is -3.08. The predicted octanol–water partition coefficient (Wildman–Crippen LogP) is 2.75. The minimum atomic E-state index is -4.78. The number of amides is 1. The van der Waals surface area contributed by atoms with Crippen LogP contribution in [0.4, 0.5) is 18.9 Å². The third kappa shape index (κ3) is 5.05. The van der Waals surface area contributed by atoms with Crippen LogP contribution in [0, 0.1) is 12.1 Å². The van der Waals surface area contributed by atoms with Gasteiger partial charge in [-0.05, 0) is 43.2 Å². The standard InChI is InChI=1S/C19H18F3N3O4/c1-11-15(16-10-14(29-19(20,21)22)5-6-17(16)24-11)7-8-23-18(26)12-3-2-4-13(9-12)25(27)28/h2-6,9-10,24-25,27H,7-8H2,1H3,(H,23,26). The number of nitrogens with one attached hydrogen (secondary N) is 3. The number of ether oxygens (including phenoxy) is 1. The summed E-state index contributed by atoms with van der Waals surface area (Å²) in [5.74, 6) is -0.758. The van der Waals surface area contributed by atoms with Crippen molar-refractivity contribution in [2.24, 2.45) is 0 Å². The average Bonchev–Trinajstić information content (AvgIpc) is 2.95. The molecular weight excluding hydrogens is 391 g/mol. The molecule has 0 aliphatic heterocycles. The van der Waals surface area contributed by atoms with Crippen LogP contribution in [0.5, 0.6) is 5.75 Å². The van der Waals surface area contributed by atoms with Gasteiger partial charge in [0.2, 0.25) is 0 Å². The van der Waals surface area contributed by atoms with Gasteiger partial charge in [-0.15, -0.1) is 13.2 Å². The molecular formula is C19H18F3N3O4. The van der Waals surface area contributed by atoms with E-state index in [1.807, 2.05) is 0 Å². The molecule has 7 nitrogen and oxygen atoms in total. The summed E-state index contributed by atoms with van der Waals surface area (Å²) in [6, 6.07) is 9.67. The zero-order valence-electron chi connectivity index (χ0n) is 15.3. The molecule has 1 amide bonds. The van der Waals surface area contributed by atoms with Gasteiger partial charge in [0.1, 0.15) is 5.75 Å². The summed E-state index contributed by atoms with van der Waals surface area (Å²) in [5.41, 5.74) is 2.40. The van der Waals surface area contributed by atoms with Gasteiger partial charge in [-0.3, -0.25) is 4.79 Å². The first-order chi connectivity index (χ1) is 13.6. The second-order valence-electron chi connectivity index (χ2n) is 6.38. The highest BCUT2D eigenvalue weighted by molar-refractivity contribution is 5.94. The third-order valence-corrected chi connectivity index (χ3v) is 4.36. The number of halogens is 3. The molecule has 154 valence electrons. The highest BCUT2D eigenvalue weighted by Gasteiger charge is 2.31. The number of carbonyl (C=O) groups is 1. The zero-order valence-corrected chi connectivity index (χ0v) is 15.3. The van der Waals surface area contributed by atoms with Crippen molar-refractivity contribution in [3.05, 3.63) is 64.5 Å². The highest BCUT2D eigenvalue weighted by Crippen LogP contribution is 2.29. The van der Waals surface area contributed by atoms with Gasteiger partial charge in [-0.25, -0.2) is 5.21 Å². The molecule has 1 atom stereocenters. The van der Waals surface area contributed by atoms with Gasteiger partial charge in [0.25, 0.3) is 5.91 Å². The molecule has 0 saturated heterocycles. The van der Waals surface area contributed by atoms with Crippen LogP contribution < -0.4 is 15.3 Å². The second-order valence-corrected chi connectivity index (χ2v) is 6.38. The van der Waals surface area contributed by atoms with E-state index in [1.165, 1.54) is 42.5 Å². The number of hydrogen-bond donors (Lipinski definition) is 4. The van der Waals surface area contributed by atoms with Gasteiger partial charge in [-0.1, -0.05) is 6.07 Å². The van der Waals surface area contributed by atoms with E-state index >= 15 is 0 Å². The van der Waals surface area contributed by atoms with Gasteiger partial charge >= 0.3 is 6.36 Å². The summed E-state index contributed by atoms with van der Waals surface area (Å²) < 4.78 is 41.4. The van der Waals surface area contributed by atoms with Crippen molar-refractivity contribution in [1.29, 1.82) is 0 Å². The summed E-state index contributed by atoms with van der Waals surface area (Å²) in [4.78, 5) is 15.3. The normalized spacial score (nSPS) is 12.8. The fraction of sp³-hybridized carbons (Fsp3) is 0.211. The van der Waals surface area contributed by atoms with Crippen molar-refractivity contribution < 1.29 is 33.1 Å². The first-order valence-corrected chi connectivity index (χ1v) is 8.62. The maximum Gasteiger partial charge on any atom is 0.573 e. The van der Waals surface area contributed by atoms with Crippen molar-refractivity contribution in [2.45, 2.75) is 19.7 Å². The summed E-state index contributed by atoms with van der Waals surface area (Å²) in [7, 11) is 0. The molecule has 0 spiro atoms. The molecule has 0 radical (unpaired) electrons. The lowest BCUT2D eigenvalue weighted by atomic mass is 10.1. The quantitative estimate of drug-likeness (QED) is 0.470. The lowest BCUT2D eigenvalue weighted by molar-refractivity contribution is -0.991. The maximum atomic E-state index is 12.5. The van der Waals surface area contributed by atoms with Gasteiger partial charge < -0.3 is 20.2 Å². The number of benzene rings is 2. The van der Waals surface area contributed by atoms with Crippen LogP contribution in [0.15, 0.2) is 42.5 Å². The number of alkyl halides is 3. The lowest BCUT2D eigenvalue weighted by Gasteiger charge is -2.12. The molecule has 3 rings (SSSR count). The monoisotopic (exact) mass is 409 g/mol. The first-order valence-electron chi connectivity index (χ1n) is 8.62. The largest absolute Gasteiger partial charge is 0.595 e. The molecule has 0 aliphatic carbocycles. The van der Waals surface area contributed by atoms with Crippen LogP contribution in [0.25, 0.3) is 10.9 Å². The van der Waals surface area contributed by atoms with E-state index in [4.69, 9.17) is 5.21 Å². The van der Waals surface area contributed by atoms with Gasteiger partial charge in [0.15, 0.2) is 5.69 Å². The van der Waals surface area contributed by atoms with Crippen molar-refractivity contribution in [3.63, 3.8) is 0 Å². The van der Waals surface area contributed by atoms with E-state index in [2.05, 4.69) is 15.0 Å². The zero-order chi connectivity index (χ0) is 21.2. The molecule has 0 bridgehead atoms. The van der Waals surface area contributed by atoms with Gasteiger partial charge in [-0.2, -0.15) is 5.23 Å². The van der Waals surface area contributed by atoms with E-state index in [1.54, 1.807) is 6.92 Å². The fourth-order valence-electron chi connectivity index (χ4n) is 3.08. The molecule has 0 saturated carbocycles. The minimum absolute atomic E-state index is 0.00215. The van der Waals surface area contributed by atoms with Crippen LogP contribution >= 0.6 is 0 Å². The molecule has 10 heteroatoms. The first kappa shape index (κ1) is 20.6. The molecule has 2 aromatic carbocycles. The average molecular weight is 409 g/mol. The lowest BCUT2D eigenvalue weighted by Crippen LogP contribution is -2.99. The van der Waals surface area contributed by atoms with Crippen molar-refractivity contribution in [1.82, 2.24) is 10.3 Å². The Kier molecular flexibility index (Phi) is 5.78. The van der Waals surface area contributed by atoms with E-state index in [9.17, 15) is 23.2 Å². The van der Waals surface area contributed by atoms with Gasteiger partial charge in [0.05, 0.1) is 0 Å². The van der Waals surface area contributed by atoms with Crippen molar-refractivity contribution in [3.8, 4) is 5.75 Å². The molecule has 0 aliphatic rings. The molecule has 3 aromatic rings. The molecule has 1 aromatic heterocycles. The topological polar surface area (TPSA) is 102 Å². The summed E-state index contributed by atoms with van der Waals surface area (Å²) in [6.07, 6.45) is -4.41. The SMILES string of the molecule is Cc1[nH]c2ccc(OC(F)(F)F)cc2c1CCNC(=O)c1cccc([NH+]([O-])O)c1. The Balaban J connectivity index is 1.71. The molecule has 29 heavy (non-hydrogen) atoms. The van der Waals surface area contributed by atoms with Crippen molar-refractivity contribution >= 4 is 22.5 Å². The summed E-state index contributed by atoms with van der Waals surface area (Å²) >= 11 is 0. The molecule has 4 N–H and O–H groups in total. The number of fused-ring (bicyclic) bond motifs is 1. The number of H-pyrrole nitrogens is 1. The van der Waals surface area contributed by atoms with E-state index in [0.29, 0.717) is 17.3 Å². The van der Waals surface area contributed by atoms with Crippen LogP contribution in [0.3, 0.4) is 0 Å². The number of rotatable bonds is 6. The number of carbonyl (C=O) groups excluding carboxylic acids is 1. The molecule has 1 unspecified atom stereocenters. The molecule has 1 heterocycles. The summed E-state index contributed by atoms with van der Waals surface area (Å²) in [6.45, 7) is 2.01. The van der Waals surface area contributed by atoms with Gasteiger partial charge in [0, 0.05) is 40.8 Å². The number of aryl methyl sites for hydroxylation is 1. The minimum Gasteiger partial charge on any atom is -0.595 e. The number of hydrogen-bond acceptors (Lipinski definition) is 4. The number of aromatic nitrogens is 1. The smallest absolute Gasteiger partial charge is 0.573 e. The number of aromatic amines is 1. The van der Waals surface area contributed by atoms with Crippen LogP contribution in [-0.4, -0.2) is 29.0 Å². The Morgan fingerprint density at radius 1 is 1.28 bits per heavy atom. The van der Waals surface area contributed by atoms with Crippen LogP contribution in [0.1, 0.15) is 21.6 Å². The highest BCUT2D eigenvalue weighted by atomic mass is 19.4. The Morgan fingerprint density at radius 2 is 2.03 bits per heavy atom. The maximum absolute atomic E-state index is 12.5. The van der Waals surface area contributed by atoms with E-state index < -0.39 is 17.5 Å². The second kappa shape index (κ2) is 8.11. The molecule has 0 fully saturated rings. The Bertz CT molecular complexity index is 1030. The number of quaternary nitrogens is 1. The predicted molar refractivity (Wildman–Crippen MR) is 98.0 cm³/mol. The van der Waals surface area contributed by atoms with E-state index in [0.717, 1.165) is 11.3 Å². The van der Waals surface area contributed by atoms with Crippen molar-refractivity contribution in [2.75, 3.05) is 6.54 Å². The van der Waals surface area contributed by atoms with Crippen LogP contribution in [0.2, 0.25) is 0 Å². The van der Waals surface area contributed by atoms with E-state index in [-0.39, 0.29) is 23.5 Å².